The van der Waals surface area contributed by atoms with Gasteiger partial charge in [-0.25, -0.2) is 0 Å². The molecule has 2 amide bonds. The molecule has 0 bridgehead atoms. The third-order valence-electron chi connectivity index (χ3n) is 6.89. The molecule has 0 spiro atoms. The minimum atomic E-state index is -0.362. The number of hydrogen-bond donors (Lipinski definition) is 1. The maximum absolute atomic E-state index is 13.1. The number of nitrogens with zero attached hydrogens (tertiary/aromatic N) is 2. The molecular weight excluding hydrogens is 430 g/mol. The number of hydrogen-bond acceptors (Lipinski definition) is 5. The lowest BCUT2D eigenvalue weighted by Crippen LogP contribution is -2.50. The van der Waals surface area contributed by atoms with E-state index in [1.165, 1.54) is 0 Å². The predicted octanol–water partition coefficient (Wildman–Crippen LogP) is 3.41. The zero-order valence-electron chi connectivity index (χ0n) is 20.2. The Hall–Kier alpha value is -3.22. The summed E-state index contributed by atoms with van der Waals surface area (Å²) in [4.78, 5) is 29.4. The Morgan fingerprint density at radius 1 is 1.06 bits per heavy atom. The summed E-state index contributed by atoms with van der Waals surface area (Å²) >= 11 is 0. The summed E-state index contributed by atoms with van der Waals surface area (Å²) in [5.41, 5.74) is 1.86. The Morgan fingerprint density at radius 2 is 1.79 bits per heavy atom. The lowest BCUT2D eigenvalue weighted by atomic mass is 9.85. The fourth-order valence-electron chi connectivity index (χ4n) is 5.01. The number of carbonyl (C=O) groups is 2. The van der Waals surface area contributed by atoms with Gasteiger partial charge in [-0.3, -0.25) is 9.59 Å². The summed E-state index contributed by atoms with van der Waals surface area (Å²) in [6, 6.07) is 16.0. The molecular formula is C27H35N3O4. The molecule has 7 nitrogen and oxygen atoms in total. The van der Waals surface area contributed by atoms with Crippen LogP contribution in [0.1, 0.15) is 38.2 Å². The quantitative estimate of drug-likeness (QED) is 0.615. The number of amides is 2. The van der Waals surface area contributed by atoms with E-state index in [9.17, 15) is 9.59 Å². The second-order valence-corrected chi connectivity index (χ2v) is 9.12. The summed E-state index contributed by atoms with van der Waals surface area (Å²) < 4.78 is 11.0. The van der Waals surface area contributed by atoms with E-state index in [1.54, 1.807) is 7.11 Å². The normalized spacial score (nSPS) is 20.2. The second-order valence-electron chi connectivity index (χ2n) is 9.12. The Balaban J connectivity index is 1.33. The third-order valence-corrected chi connectivity index (χ3v) is 6.89. The van der Waals surface area contributed by atoms with Gasteiger partial charge in [0.1, 0.15) is 11.5 Å². The van der Waals surface area contributed by atoms with E-state index in [0.717, 1.165) is 48.7 Å². The molecule has 0 radical (unpaired) electrons. The van der Waals surface area contributed by atoms with Crippen molar-refractivity contribution in [2.45, 2.75) is 44.6 Å². The van der Waals surface area contributed by atoms with Crippen LogP contribution in [0.25, 0.3) is 0 Å². The van der Waals surface area contributed by atoms with Gasteiger partial charge in [-0.15, -0.1) is 0 Å². The molecule has 0 saturated carbocycles. The number of rotatable bonds is 9. The molecule has 2 saturated heterocycles. The highest BCUT2D eigenvalue weighted by molar-refractivity contribution is 5.80. The SMILES string of the molecule is CCOc1ccccc1N1CCN(C(=O)CC[C@@]2(Cc3ccc(OC)cc3)CCC(=O)N2)CC1. The number of nitrogens with one attached hydrogen (secondary N) is 1. The number of ether oxygens (including phenoxy) is 2. The van der Waals surface area contributed by atoms with Gasteiger partial charge >= 0.3 is 0 Å². The minimum absolute atomic E-state index is 0.0718. The number of methoxy groups -OCH3 is 1. The van der Waals surface area contributed by atoms with Gasteiger partial charge in [0.2, 0.25) is 11.8 Å². The first-order valence-electron chi connectivity index (χ1n) is 12.2. The van der Waals surface area contributed by atoms with Crippen molar-refractivity contribution in [1.29, 1.82) is 0 Å². The number of piperazine rings is 1. The summed E-state index contributed by atoms with van der Waals surface area (Å²) in [6.45, 7) is 5.56. The summed E-state index contributed by atoms with van der Waals surface area (Å²) in [5.74, 6) is 1.93. The van der Waals surface area contributed by atoms with E-state index in [0.29, 0.717) is 39.0 Å². The molecule has 2 aromatic carbocycles. The van der Waals surface area contributed by atoms with Crippen LogP contribution >= 0.6 is 0 Å². The van der Waals surface area contributed by atoms with Gasteiger partial charge in [-0.2, -0.15) is 0 Å². The summed E-state index contributed by atoms with van der Waals surface area (Å²) in [6.07, 6.45) is 3.08. The zero-order chi connectivity index (χ0) is 24.0. The van der Waals surface area contributed by atoms with Gasteiger partial charge in [0, 0.05) is 44.6 Å². The monoisotopic (exact) mass is 465 g/mol. The first-order valence-corrected chi connectivity index (χ1v) is 12.2. The highest BCUT2D eigenvalue weighted by Crippen LogP contribution is 2.31. The molecule has 182 valence electrons. The molecule has 0 unspecified atom stereocenters. The standard InChI is InChI=1S/C27H35N3O4/c1-3-34-24-7-5-4-6-23(24)29-16-18-30(19-17-29)26(32)13-15-27(14-12-25(31)28-27)20-21-8-10-22(33-2)11-9-21/h4-11H,3,12-20H2,1-2H3,(H,28,31)/t27-/m1/s1. The molecule has 0 aromatic heterocycles. The van der Waals surface area contributed by atoms with Gasteiger partial charge in [0.15, 0.2) is 0 Å². The number of benzene rings is 2. The number of anilines is 1. The molecule has 0 aliphatic carbocycles. The van der Waals surface area contributed by atoms with Crippen molar-refractivity contribution in [3.63, 3.8) is 0 Å². The zero-order valence-corrected chi connectivity index (χ0v) is 20.2. The lowest BCUT2D eigenvalue weighted by Gasteiger charge is -2.37. The van der Waals surface area contributed by atoms with Crippen molar-refractivity contribution in [3.8, 4) is 11.5 Å². The van der Waals surface area contributed by atoms with Crippen LogP contribution in [-0.4, -0.2) is 62.1 Å². The van der Waals surface area contributed by atoms with E-state index in [1.807, 2.05) is 54.3 Å². The predicted molar refractivity (Wildman–Crippen MR) is 132 cm³/mol. The average Bonchev–Trinajstić information content (AvgIpc) is 3.24. The first kappa shape index (κ1) is 23.9. The van der Waals surface area contributed by atoms with Gasteiger partial charge < -0.3 is 24.6 Å². The Kier molecular flexibility index (Phi) is 7.60. The molecule has 1 N–H and O–H groups in total. The van der Waals surface area contributed by atoms with Crippen LogP contribution < -0.4 is 19.7 Å². The van der Waals surface area contributed by atoms with Crippen molar-refractivity contribution in [2.24, 2.45) is 0 Å². The summed E-state index contributed by atoms with van der Waals surface area (Å²) in [5, 5.41) is 3.19. The van der Waals surface area contributed by atoms with Crippen LogP contribution in [0.4, 0.5) is 5.69 Å². The Bertz CT molecular complexity index is 986. The Labute approximate surface area is 202 Å². The fraction of sp³-hybridized carbons (Fsp3) is 0.481. The van der Waals surface area contributed by atoms with E-state index in [4.69, 9.17) is 9.47 Å². The largest absolute Gasteiger partial charge is 0.497 e. The molecule has 34 heavy (non-hydrogen) atoms. The third kappa shape index (κ3) is 5.64. The van der Waals surface area contributed by atoms with Gasteiger partial charge in [-0.1, -0.05) is 24.3 Å². The molecule has 2 heterocycles. The van der Waals surface area contributed by atoms with Crippen molar-refractivity contribution in [3.05, 3.63) is 54.1 Å². The van der Waals surface area contributed by atoms with Crippen molar-refractivity contribution < 1.29 is 19.1 Å². The number of para-hydroxylation sites is 2. The minimum Gasteiger partial charge on any atom is -0.497 e. The fourth-order valence-corrected chi connectivity index (χ4v) is 5.01. The molecule has 1 atom stereocenters. The maximum Gasteiger partial charge on any atom is 0.222 e. The van der Waals surface area contributed by atoms with Crippen molar-refractivity contribution in [1.82, 2.24) is 10.2 Å². The van der Waals surface area contributed by atoms with Crippen molar-refractivity contribution >= 4 is 17.5 Å². The van der Waals surface area contributed by atoms with Crippen LogP contribution in [0.2, 0.25) is 0 Å². The Morgan fingerprint density at radius 3 is 2.44 bits per heavy atom. The van der Waals surface area contributed by atoms with Gasteiger partial charge in [0.25, 0.3) is 0 Å². The molecule has 2 aromatic rings. The van der Waals surface area contributed by atoms with Crippen LogP contribution in [-0.2, 0) is 16.0 Å². The summed E-state index contributed by atoms with van der Waals surface area (Å²) in [7, 11) is 1.65. The van der Waals surface area contributed by atoms with Crippen LogP contribution in [0.3, 0.4) is 0 Å². The number of carbonyl (C=O) groups excluding carboxylic acids is 2. The smallest absolute Gasteiger partial charge is 0.222 e. The van der Waals surface area contributed by atoms with E-state index in [-0.39, 0.29) is 17.4 Å². The molecule has 2 fully saturated rings. The van der Waals surface area contributed by atoms with Crippen LogP contribution in [0, 0.1) is 0 Å². The molecule has 2 aliphatic rings. The molecule has 4 rings (SSSR count). The van der Waals surface area contributed by atoms with Crippen molar-refractivity contribution in [2.75, 3.05) is 44.8 Å². The topological polar surface area (TPSA) is 71.1 Å². The lowest BCUT2D eigenvalue weighted by molar-refractivity contribution is -0.132. The van der Waals surface area contributed by atoms with E-state index >= 15 is 0 Å². The van der Waals surface area contributed by atoms with E-state index < -0.39 is 0 Å². The van der Waals surface area contributed by atoms with Crippen LogP contribution in [0.15, 0.2) is 48.5 Å². The maximum atomic E-state index is 13.1. The highest BCUT2D eigenvalue weighted by Gasteiger charge is 2.38. The second kappa shape index (κ2) is 10.8. The first-order chi connectivity index (χ1) is 16.5. The van der Waals surface area contributed by atoms with E-state index in [2.05, 4.69) is 16.3 Å². The van der Waals surface area contributed by atoms with Gasteiger partial charge in [-0.05, 0) is 56.0 Å². The molecule has 7 heteroatoms. The van der Waals surface area contributed by atoms with Gasteiger partial charge in [0.05, 0.1) is 19.4 Å². The average molecular weight is 466 g/mol. The molecule has 2 aliphatic heterocycles. The van der Waals surface area contributed by atoms with Crippen LogP contribution in [0.5, 0.6) is 11.5 Å². The highest BCUT2D eigenvalue weighted by atomic mass is 16.5.